The van der Waals surface area contributed by atoms with Gasteiger partial charge in [0.15, 0.2) is 17.2 Å². The molecule has 0 saturated carbocycles. The van der Waals surface area contributed by atoms with Crippen molar-refractivity contribution < 1.29 is 20.1 Å². The average molecular weight is 233 g/mol. The van der Waals surface area contributed by atoms with Gasteiger partial charge in [0.05, 0.1) is 6.20 Å². The fraction of sp³-hybridized carbons (Fsp3) is 0.0833. The second kappa shape index (κ2) is 4.21. The van der Waals surface area contributed by atoms with Crippen molar-refractivity contribution in [2.24, 2.45) is 0 Å². The van der Waals surface area contributed by atoms with Crippen LogP contribution < -0.4 is 0 Å². The van der Waals surface area contributed by atoms with Crippen LogP contribution in [0.4, 0.5) is 0 Å². The van der Waals surface area contributed by atoms with Gasteiger partial charge in [-0.15, -0.1) is 0 Å². The van der Waals surface area contributed by atoms with Gasteiger partial charge in [-0.25, -0.2) is 4.79 Å². The van der Waals surface area contributed by atoms with Gasteiger partial charge in [-0.2, -0.15) is 0 Å². The van der Waals surface area contributed by atoms with E-state index in [9.17, 15) is 15.0 Å². The molecule has 1 aromatic carbocycles. The first-order chi connectivity index (χ1) is 8.09. The molecule has 2 aromatic rings. The number of aromatic hydroxyl groups is 2. The Bertz CT molecular complexity index is 545. The molecule has 88 valence electrons. The van der Waals surface area contributed by atoms with Crippen LogP contribution in [0.1, 0.15) is 16.1 Å². The first-order valence-electron chi connectivity index (χ1n) is 4.98. The second-order valence-corrected chi connectivity index (χ2v) is 3.63. The lowest BCUT2D eigenvalue weighted by atomic mass is 10.2. The Morgan fingerprint density at radius 1 is 1.18 bits per heavy atom. The molecule has 0 atom stereocenters. The van der Waals surface area contributed by atoms with E-state index in [2.05, 4.69) is 0 Å². The van der Waals surface area contributed by atoms with E-state index < -0.39 is 17.5 Å². The SMILES string of the molecule is O=C(O)c1c(O)c(O)cn1Cc1ccccc1. The molecule has 3 N–H and O–H groups in total. The number of carboxylic acid groups (broad SMARTS) is 1. The van der Waals surface area contributed by atoms with Crippen LogP contribution in [0.15, 0.2) is 36.5 Å². The summed E-state index contributed by atoms with van der Waals surface area (Å²) in [7, 11) is 0. The Labute approximate surface area is 97.2 Å². The van der Waals surface area contributed by atoms with Crippen LogP contribution in [0.5, 0.6) is 11.5 Å². The van der Waals surface area contributed by atoms with Crippen molar-refractivity contribution in [2.45, 2.75) is 6.54 Å². The summed E-state index contributed by atoms with van der Waals surface area (Å²) in [5, 5.41) is 27.7. The molecule has 0 aliphatic rings. The Hall–Kier alpha value is -2.43. The topological polar surface area (TPSA) is 82.7 Å². The van der Waals surface area contributed by atoms with E-state index in [1.165, 1.54) is 10.8 Å². The van der Waals surface area contributed by atoms with E-state index >= 15 is 0 Å². The number of nitrogens with zero attached hydrogens (tertiary/aromatic N) is 1. The average Bonchev–Trinajstić information content (AvgIpc) is 2.56. The monoisotopic (exact) mass is 233 g/mol. The van der Waals surface area contributed by atoms with Crippen LogP contribution >= 0.6 is 0 Å². The first kappa shape index (κ1) is 11.1. The van der Waals surface area contributed by atoms with E-state index in [4.69, 9.17) is 5.11 Å². The third-order valence-corrected chi connectivity index (χ3v) is 2.43. The van der Waals surface area contributed by atoms with Gasteiger partial charge < -0.3 is 19.9 Å². The molecular weight excluding hydrogens is 222 g/mol. The molecule has 1 heterocycles. The minimum atomic E-state index is -1.28. The van der Waals surface area contributed by atoms with E-state index in [1.807, 2.05) is 30.3 Å². The van der Waals surface area contributed by atoms with E-state index in [0.29, 0.717) is 0 Å². The first-order valence-corrected chi connectivity index (χ1v) is 4.98. The zero-order valence-corrected chi connectivity index (χ0v) is 8.87. The molecule has 0 aliphatic heterocycles. The van der Waals surface area contributed by atoms with E-state index in [0.717, 1.165) is 5.56 Å². The molecule has 5 nitrogen and oxygen atoms in total. The van der Waals surface area contributed by atoms with Crippen molar-refractivity contribution in [1.82, 2.24) is 4.57 Å². The van der Waals surface area contributed by atoms with Gasteiger partial charge in [-0.3, -0.25) is 0 Å². The largest absolute Gasteiger partial charge is 0.503 e. The number of rotatable bonds is 3. The van der Waals surface area contributed by atoms with Crippen LogP contribution in [-0.2, 0) is 6.54 Å². The maximum Gasteiger partial charge on any atom is 0.356 e. The van der Waals surface area contributed by atoms with Gasteiger partial charge >= 0.3 is 5.97 Å². The maximum atomic E-state index is 11.0. The summed E-state index contributed by atoms with van der Waals surface area (Å²) in [6.45, 7) is 0.274. The van der Waals surface area contributed by atoms with Crippen LogP contribution in [0.2, 0.25) is 0 Å². The normalized spacial score (nSPS) is 10.4. The molecule has 0 radical (unpaired) electrons. The van der Waals surface area contributed by atoms with Gasteiger partial charge in [-0.1, -0.05) is 30.3 Å². The van der Waals surface area contributed by atoms with Gasteiger partial charge in [0.25, 0.3) is 0 Å². The molecule has 0 saturated heterocycles. The quantitative estimate of drug-likeness (QED) is 0.752. The molecule has 0 unspecified atom stereocenters. The minimum Gasteiger partial charge on any atom is -0.503 e. The summed E-state index contributed by atoms with van der Waals surface area (Å²) >= 11 is 0. The number of aromatic carboxylic acids is 1. The van der Waals surface area contributed by atoms with Gasteiger partial charge in [0.2, 0.25) is 0 Å². The lowest BCUT2D eigenvalue weighted by Crippen LogP contribution is -2.08. The number of carboxylic acids is 1. The van der Waals surface area contributed by atoms with Crippen molar-refractivity contribution >= 4 is 5.97 Å². The molecule has 1 aromatic heterocycles. The molecule has 0 amide bonds. The highest BCUT2D eigenvalue weighted by molar-refractivity contribution is 5.90. The van der Waals surface area contributed by atoms with Crippen LogP contribution in [0.3, 0.4) is 0 Å². The van der Waals surface area contributed by atoms with E-state index in [-0.39, 0.29) is 12.2 Å². The molecule has 0 fully saturated rings. The number of aromatic nitrogens is 1. The smallest absolute Gasteiger partial charge is 0.356 e. The predicted octanol–water partition coefficient (Wildman–Crippen LogP) is 1.65. The molecule has 0 spiro atoms. The van der Waals surface area contributed by atoms with Crippen molar-refractivity contribution in [1.29, 1.82) is 0 Å². The molecule has 5 heteroatoms. The van der Waals surface area contributed by atoms with Crippen LogP contribution in [-0.4, -0.2) is 25.9 Å². The highest BCUT2D eigenvalue weighted by Gasteiger charge is 2.20. The minimum absolute atomic E-state index is 0.274. The lowest BCUT2D eigenvalue weighted by Gasteiger charge is -2.05. The number of benzene rings is 1. The van der Waals surface area contributed by atoms with Crippen molar-refractivity contribution in [3.63, 3.8) is 0 Å². The summed E-state index contributed by atoms with van der Waals surface area (Å²) in [4.78, 5) is 11.0. The third kappa shape index (κ3) is 2.08. The van der Waals surface area contributed by atoms with Gasteiger partial charge in [-0.05, 0) is 5.56 Å². The van der Waals surface area contributed by atoms with Crippen molar-refractivity contribution in [2.75, 3.05) is 0 Å². The van der Waals surface area contributed by atoms with Crippen LogP contribution in [0.25, 0.3) is 0 Å². The molecule has 2 rings (SSSR count). The molecule has 0 bridgehead atoms. The molecule has 0 aliphatic carbocycles. The zero-order valence-electron chi connectivity index (χ0n) is 8.87. The highest BCUT2D eigenvalue weighted by Crippen LogP contribution is 2.31. The van der Waals surface area contributed by atoms with Crippen LogP contribution in [0, 0.1) is 0 Å². The Morgan fingerprint density at radius 2 is 1.82 bits per heavy atom. The number of hydrogen-bond acceptors (Lipinski definition) is 3. The number of hydrogen-bond donors (Lipinski definition) is 3. The Kier molecular flexibility index (Phi) is 2.74. The van der Waals surface area contributed by atoms with E-state index in [1.54, 1.807) is 0 Å². The number of carbonyl (C=O) groups is 1. The lowest BCUT2D eigenvalue weighted by molar-refractivity contribution is 0.0682. The standard InChI is InChI=1S/C12H11NO4/c14-9-7-13(10(11(9)15)12(16)17)6-8-4-2-1-3-5-8/h1-5,7,14-15H,6H2,(H,16,17). The van der Waals surface area contributed by atoms with Gasteiger partial charge in [0, 0.05) is 6.54 Å². The summed E-state index contributed by atoms with van der Waals surface area (Å²) in [6, 6.07) is 9.18. The van der Waals surface area contributed by atoms with Crippen molar-refractivity contribution in [3.05, 3.63) is 47.8 Å². The summed E-state index contributed by atoms with van der Waals surface area (Å²) in [5.74, 6) is -2.31. The Morgan fingerprint density at radius 3 is 2.41 bits per heavy atom. The zero-order chi connectivity index (χ0) is 12.4. The van der Waals surface area contributed by atoms with Crippen molar-refractivity contribution in [3.8, 4) is 11.5 Å². The van der Waals surface area contributed by atoms with Gasteiger partial charge in [0.1, 0.15) is 0 Å². The Balaban J connectivity index is 2.40. The maximum absolute atomic E-state index is 11.0. The second-order valence-electron chi connectivity index (χ2n) is 3.63. The summed E-state index contributed by atoms with van der Waals surface area (Å²) in [6.07, 6.45) is 1.20. The highest BCUT2D eigenvalue weighted by atomic mass is 16.4. The fourth-order valence-electron chi connectivity index (χ4n) is 1.66. The third-order valence-electron chi connectivity index (χ3n) is 2.43. The fourth-order valence-corrected chi connectivity index (χ4v) is 1.66. The molecule has 17 heavy (non-hydrogen) atoms. The molecular formula is C12H11NO4. The summed E-state index contributed by atoms with van der Waals surface area (Å²) in [5.41, 5.74) is 0.566. The predicted molar refractivity (Wildman–Crippen MR) is 60.3 cm³/mol. The summed E-state index contributed by atoms with van der Waals surface area (Å²) < 4.78 is 1.29.